The lowest BCUT2D eigenvalue weighted by Crippen LogP contribution is -2.49. The van der Waals surface area contributed by atoms with Crippen molar-refractivity contribution in [1.82, 2.24) is 15.5 Å². The zero-order valence-corrected chi connectivity index (χ0v) is 21.5. The van der Waals surface area contributed by atoms with Gasteiger partial charge in [-0.15, -0.1) is 0 Å². The lowest BCUT2D eigenvalue weighted by atomic mass is 9.88. The molecule has 2 aliphatic heterocycles. The minimum atomic E-state index is -0.199. The molecule has 0 spiro atoms. The van der Waals surface area contributed by atoms with E-state index in [4.69, 9.17) is 21.7 Å². The van der Waals surface area contributed by atoms with Crippen LogP contribution in [0, 0.1) is 0 Å². The van der Waals surface area contributed by atoms with Gasteiger partial charge in [0.2, 0.25) is 0 Å². The molecule has 0 saturated heterocycles. The third kappa shape index (κ3) is 5.26. The molecule has 1 unspecified atom stereocenters. The average molecular weight is 516 g/mol. The van der Waals surface area contributed by atoms with Gasteiger partial charge in [-0.2, -0.15) is 0 Å². The van der Waals surface area contributed by atoms with E-state index in [2.05, 4.69) is 45.9 Å². The molecular weight excluding hydrogens is 486 g/mol. The first kappa shape index (κ1) is 24.7. The molecule has 0 fully saturated rings. The average Bonchev–Trinajstić information content (AvgIpc) is 2.90. The summed E-state index contributed by atoms with van der Waals surface area (Å²) in [5.41, 5.74) is 6.28. The van der Waals surface area contributed by atoms with Crippen molar-refractivity contribution in [2.45, 2.75) is 12.6 Å². The zero-order valence-electron chi connectivity index (χ0n) is 20.7. The lowest BCUT2D eigenvalue weighted by Gasteiger charge is -2.40. The highest BCUT2D eigenvalue weighted by atomic mass is 32.1. The van der Waals surface area contributed by atoms with E-state index in [-0.39, 0.29) is 17.5 Å². The summed E-state index contributed by atoms with van der Waals surface area (Å²) in [5.74, 6) is 1.02. The number of benzene rings is 3. The van der Waals surface area contributed by atoms with Crippen LogP contribution >= 0.6 is 12.2 Å². The van der Waals surface area contributed by atoms with E-state index in [0.717, 1.165) is 41.1 Å². The van der Waals surface area contributed by atoms with Crippen molar-refractivity contribution in [3.63, 3.8) is 0 Å². The second kappa shape index (κ2) is 10.5. The van der Waals surface area contributed by atoms with Crippen molar-refractivity contribution in [3.8, 4) is 23.0 Å². The van der Waals surface area contributed by atoms with Crippen molar-refractivity contribution < 1.29 is 19.7 Å². The SMILES string of the molecule is COc1cc(/C=C2\CN(Cc3ccccc3)CC3=C2NC(=S)NC3c2ccc(O)c(OC)c2)ccc1O. The molecule has 2 aliphatic rings. The van der Waals surface area contributed by atoms with Crippen molar-refractivity contribution in [3.05, 3.63) is 100 Å². The first-order valence-electron chi connectivity index (χ1n) is 12.0. The van der Waals surface area contributed by atoms with Crippen molar-refractivity contribution in [2.75, 3.05) is 27.3 Å². The number of thiocarbonyl (C=S) groups is 1. The molecule has 37 heavy (non-hydrogen) atoms. The zero-order chi connectivity index (χ0) is 25.9. The summed E-state index contributed by atoms with van der Waals surface area (Å²) >= 11 is 5.62. The predicted octanol–water partition coefficient (Wildman–Crippen LogP) is 4.49. The second-order valence-electron chi connectivity index (χ2n) is 9.09. The number of phenols is 2. The standard InChI is InChI=1S/C29H29N3O4S/c1-35-25-13-19(8-10-23(25)33)12-21-16-32(15-18-6-4-3-5-7-18)17-22-27(30-29(37)31-28(21)22)20-9-11-24(34)26(14-20)36-2/h3-14,27,33-34H,15-17H2,1-2H3,(H2,30,31,37)/b21-12+. The summed E-state index contributed by atoms with van der Waals surface area (Å²) < 4.78 is 10.7. The van der Waals surface area contributed by atoms with E-state index in [1.54, 1.807) is 19.2 Å². The highest BCUT2D eigenvalue weighted by Gasteiger charge is 2.33. The van der Waals surface area contributed by atoms with Crippen LogP contribution in [0.15, 0.2) is 83.6 Å². The summed E-state index contributed by atoms with van der Waals surface area (Å²) in [6, 6.07) is 20.9. The van der Waals surface area contributed by atoms with Crippen molar-refractivity contribution in [2.24, 2.45) is 0 Å². The third-order valence-electron chi connectivity index (χ3n) is 6.62. The summed E-state index contributed by atoms with van der Waals surface area (Å²) in [5, 5.41) is 27.6. The largest absolute Gasteiger partial charge is 0.504 e. The molecule has 0 aliphatic carbocycles. The van der Waals surface area contributed by atoms with Gasteiger partial charge in [-0.05, 0) is 70.4 Å². The number of methoxy groups -OCH3 is 2. The van der Waals surface area contributed by atoms with E-state index in [1.807, 2.05) is 30.3 Å². The Bertz CT molecular complexity index is 1390. The number of hydrogen-bond acceptors (Lipinski definition) is 6. The van der Waals surface area contributed by atoms with E-state index >= 15 is 0 Å². The first-order chi connectivity index (χ1) is 17.9. The van der Waals surface area contributed by atoms with Crippen LogP contribution in [0.3, 0.4) is 0 Å². The maximum absolute atomic E-state index is 10.2. The molecular formula is C29H29N3O4S. The smallest absolute Gasteiger partial charge is 0.171 e. The number of aromatic hydroxyl groups is 2. The van der Waals surface area contributed by atoms with Crippen LogP contribution in [0.1, 0.15) is 22.7 Å². The Morgan fingerprint density at radius 1 is 0.946 bits per heavy atom. The van der Waals surface area contributed by atoms with E-state index in [0.29, 0.717) is 23.2 Å². The van der Waals surface area contributed by atoms with E-state index in [9.17, 15) is 10.2 Å². The number of rotatable bonds is 6. The van der Waals surface area contributed by atoms with Gasteiger partial charge in [0.05, 0.1) is 20.3 Å². The predicted molar refractivity (Wildman–Crippen MR) is 148 cm³/mol. The van der Waals surface area contributed by atoms with E-state index in [1.165, 1.54) is 12.7 Å². The van der Waals surface area contributed by atoms with Gasteiger partial charge >= 0.3 is 0 Å². The molecule has 7 nitrogen and oxygen atoms in total. The number of nitrogens with one attached hydrogen (secondary N) is 2. The Balaban J connectivity index is 1.60. The summed E-state index contributed by atoms with van der Waals surface area (Å²) in [7, 11) is 3.08. The van der Waals surface area contributed by atoms with E-state index < -0.39 is 0 Å². The van der Waals surface area contributed by atoms with Gasteiger partial charge in [-0.3, -0.25) is 4.90 Å². The normalized spacial score (nSPS) is 18.7. The molecule has 0 radical (unpaired) electrons. The van der Waals surface area contributed by atoms with Crippen LogP contribution < -0.4 is 20.1 Å². The molecule has 190 valence electrons. The van der Waals surface area contributed by atoms with Crippen molar-refractivity contribution >= 4 is 23.4 Å². The fourth-order valence-electron chi connectivity index (χ4n) is 4.88. The maximum atomic E-state index is 10.2. The monoisotopic (exact) mass is 515 g/mol. The summed E-state index contributed by atoms with van der Waals surface area (Å²) in [6.45, 7) is 2.21. The minimum absolute atomic E-state index is 0.0909. The van der Waals surface area contributed by atoms with Crippen molar-refractivity contribution in [1.29, 1.82) is 0 Å². The molecule has 0 bridgehead atoms. The number of nitrogens with zero attached hydrogens (tertiary/aromatic N) is 1. The number of ether oxygens (including phenoxy) is 2. The maximum Gasteiger partial charge on any atom is 0.171 e. The fraction of sp³-hybridized carbons (Fsp3) is 0.207. The molecule has 8 heteroatoms. The summed E-state index contributed by atoms with van der Waals surface area (Å²) in [6.07, 6.45) is 2.10. The molecule has 0 aromatic heterocycles. The quantitative estimate of drug-likeness (QED) is 0.358. The summed E-state index contributed by atoms with van der Waals surface area (Å²) in [4.78, 5) is 2.39. The molecule has 5 rings (SSSR count). The number of hydrogen-bond donors (Lipinski definition) is 4. The van der Waals surface area contributed by atoms with Gasteiger partial charge < -0.3 is 30.3 Å². The molecule has 3 aromatic carbocycles. The fourth-order valence-corrected chi connectivity index (χ4v) is 5.10. The van der Waals surface area contributed by atoms with Crippen LogP contribution in [-0.4, -0.2) is 47.5 Å². The molecule has 2 heterocycles. The van der Waals surface area contributed by atoms with Crippen LogP contribution in [0.25, 0.3) is 6.08 Å². The van der Waals surface area contributed by atoms with Gasteiger partial charge in [-0.1, -0.05) is 42.5 Å². The van der Waals surface area contributed by atoms with Crippen LogP contribution in [-0.2, 0) is 6.54 Å². The number of phenolic OH excluding ortho intramolecular Hbond substituents is 2. The molecule has 0 amide bonds. The lowest BCUT2D eigenvalue weighted by molar-refractivity contribution is 0.292. The topological polar surface area (TPSA) is 86.2 Å². The Morgan fingerprint density at radius 3 is 2.38 bits per heavy atom. The van der Waals surface area contributed by atoms with Crippen LogP contribution in [0.5, 0.6) is 23.0 Å². The minimum Gasteiger partial charge on any atom is -0.504 e. The highest BCUT2D eigenvalue weighted by Crippen LogP contribution is 2.38. The molecule has 1 atom stereocenters. The van der Waals surface area contributed by atoms with Gasteiger partial charge in [0, 0.05) is 25.3 Å². The Hall–Kier alpha value is -4.01. The second-order valence-corrected chi connectivity index (χ2v) is 9.50. The van der Waals surface area contributed by atoms with Gasteiger partial charge in [-0.25, -0.2) is 0 Å². The van der Waals surface area contributed by atoms with Gasteiger partial charge in [0.1, 0.15) is 0 Å². The Kier molecular flexibility index (Phi) is 7.03. The van der Waals surface area contributed by atoms with Crippen LogP contribution in [0.2, 0.25) is 0 Å². The Morgan fingerprint density at radius 2 is 1.65 bits per heavy atom. The highest BCUT2D eigenvalue weighted by molar-refractivity contribution is 7.80. The third-order valence-corrected chi connectivity index (χ3v) is 6.84. The first-order valence-corrected chi connectivity index (χ1v) is 12.4. The van der Waals surface area contributed by atoms with Gasteiger partial charge in [0.25, 0.3) is 0 Å². The molecule has 0 saturated carbocycles. The van der Waals surface area contributed by atoms with Gasteiger partial charge in [0.15, 0.2) is 28.1 Å². The molecule has 4 N–H and O–H groups in total. The van der Waals surface area contributed by atoms with Crippen LogP contribution in [0.4, 0.5) is 0 Å². The molecule has 3 aromatic rings. The Labute approximate surface area is 221 Å².